The third-order valence-corrected chi connectivity index (χ3v) is 7.52. The van der Waals surface area contributed by atoms with E-state index in [1.54, 1.807) is 12.1 Å². The maximum Gasteiger partial charge on any atom is 0.185 e. The molecule has 3 heterocycles. The Kier molecular flexibility index (Phi) is 9.90. The molecule has 2 aromatic carbocycles. The van der Waals surface area contributed by atoms with Gasteiger partial charge in [-0.3, -0.25) is 16.8 Å². The molecule has 5 aromatic rings. The van der Waals surface area contributed by atoms with Gasteiger partial charge in [0.05, 0.1) is 10.9 Å². The van der Waals surface area contributed by atoms with Gasteiger partial charge in [-0.1, -0.05) is 35.9 Å². The van der Waals surface area contributed by atoms with E-state index >= 15 is 0 Å². The number of nitrogens with one attached hydrogen (secondary N) is 3. The quantitative estimate of drug-likeness (QED) is 0.0987. The zero-order valence-electron chi connectivity index (χ0n) is 22.9. The Morgan fingerprint density at radius 1 is 0.786 bits per heavy atom. The van der Waals surface area contributed by atoms with Crippen molar-refractivity contribution in [2.75, 3.05) is 16.4 Å². The molecule has 11 N–H and O–H groups in total. The Bertz CT molecular complexity index is 1730. The van der Waals surface area contributed by atoms with Crippen LogP contribution in [-0.4, -0.2) is 25.6 Å². The summed E-state index contributed by atoms with van der Waals surface area (Å²) in [5.74, 6) is 10.0. The Morgan fingerprint density at radius 2 is 1.36 bits per heavy atom. The summed E-state index contributed by atoms with van der Waals surface area (Å²) < 4.78 is 0. The number of nitrogens with two attached hydrogens (primary N) is 3. The maximum absolute atomic E-state index is 8.83. The standard InChI is InChI=1S/C15H12ClN3.C15H15N5.H4N2.H2O/c16-15-11(9-17)7-8-14(19-15)18-13-6-2-4-10-3-1-5-12(10)13;16-14-11-7-8-13(18-15(11)20-19-14)17-12-6-2-4-9-3-1-5-10(9)12;1-2;/h2,4,6-8H,1,3,5H2,(H,18,19);2,4,6-8H,1,3,5H2,(H4,16,17,18,19,20);1-2H2;1H2. The van der Waals surface area contributed by atoms with Gasteiger partial charge in [-0.15, -0.1) is 0 Å². The van der Waals surface area contributed by atoms with E-state index in [1.807, 2.05) is 18.2 Å². The zero-order valence-corrected chi connectivity index (χ0v) is 23.7. The first kappa shape index (κ1) is 30.2. The summed E-state index contributed by atoms with van der Waals surface area (Å²) in [4.78, 5) is 8.68. The Labute approximate surface area is 248 Å². The second-order valence-corrected chi connectivity index (χ2v) is 10.1. The second kappa shape index (κ2) is 13.8. The number of nitrogen functional groups attached to an aromatic ring is 1. The summed E-state index contributed by atoms with van der Waals surface area (Å²) in [6, 6.07) is 22.0. The number of hydrazine groups is 1. The summed E-state index contributed by atoms with van der Waals surface area (Å²) in [6.07, 6.45) is 6.99. The molecule has 2 aliphatic rings. The van der Waals surface area contributed by atoms with Crippen molar-refractivity contribution in [1.29, 1.82) is 5.26 Å². The molecule has 216 valence electrons. The third-order valence-electron chi connectivity index (χ3n) is 7.23. The number of nitrogens with zero attached hydrogens (tertiary/aromatic N) is 4. The van der Waals surface area contributed by atoms with E-state index in [0.717, 1.165) is 41.8 Å². The van der Waals surface area contributed by atoms with Crippen molar-refractivity contribution in [3.63, 3.8) is 0 Å². The Morgan fingerprint density at radius 3 is 1.93 bits per heavy atom. The minimum atomic E-state index is 0. The smallest absolute Gasteiger partial charge is 0.185 e. The van der Waals surface area contributed by atoms with Crippen LogP contribution in [0.4, 0.5) is 28.8 Å². The summed E-state index contributed by atoms with van der Waals surface area (Å²) in [5, 5.41) is 23.5. The van der Waals surface area contributed by atoms with E-state index in [0.29, 0.717) is 22.8 Å². The SMILES string of the molecule is N#Cc1ccc(Nc2cccc3c2CCC3)nc1Cl.NN.Nc1[nH]nc2nc(Nc3cccc4c3CCC4)ccc12.O. The van der Waals surface area contributed by atoms with Crippen LogP contribution in [0.2, 0.25) is 5.15 Å². The number of H-pyrrole nitrogens is 1. The average Bonchev–Trinajstić information content (AvgIpc) is 3.76. The van der Waals surface area contributed by atoms with Crippen LogP contribution in [-0.2, 0) is 25.7 Å². The van der Waals surface area contributed by atoms with Crippen LogP contribution in [0.15, 0.2) is 60.7 Å². The van der Waals surface area contributed by atoms with Gasteiger partial charge in [-0.05, 0) is 97.2 Å². The number of benzene rings is 2. The van der Waals surface area contributed by atoms with Crippen LogP contribution < -0.4 is 28.1 Å². The van der Waals surface area contributed by atoms with Crippen molar-refractivity contribution < 1.29 is 5.48 Å². The van der Waals surface area contributed by atoms with Gasteiger partial charge in [0.25, 0.3) is 0 Å². The van der Waals surface area contributed by atoms with Crippen LogP contribution in [0.25, 0.3) is 11.0 Å². The number of aromatic nitrogens is 4. The molecule has 0 radical (unpaired) electrons. The second-order valence-electron chi connectivity index (χ2n) is 9.70. The lowest BCUT2D eigenvalue weighted by atomic mass is 10.1. The number of nitriles is 1. The van der Waals surface area contributed by atoms with Crippen molar-refractivity contribution in [1.82, 2.24) is 20.2 Å². The molecular weight excluding hydrogens is 552 g/mol. The fourth-order valence-corrected chi connectivity index (χ4v) is 5.52. The number of aryl methyl sites for hydroxylation is 2. The molecule has 0 bridgehead atoms. The average molecular weight is 585 g/mol. The fourth-order valence-electron chi connectivity index (χ4n) is 5.32. The van der Waals surface area contributed by atoms with Gasteiger partial charge in [0.2, 0.25) is 0 Å². The highest BCUT2D eigenvalue weighted by Crippen LogP contribution is 2.32. The molecule has 0 aliphatic heterocycles. The molecule has 0 spiro atoms. The van der Waals surface area contributed by atoms with Crippen LogP contribution in [0, 0.1) is 11.3 Å². The molecule has 0 amide bonds. The first-order valence-electron chi connectivity index (χ1n) is 13.3. The van der Waals surface area contributed by atoms with E-state index in [-0.39, 0.29) is 10.6 Å². The van der Waals surface area contributed by atoms with Crippen LogP contribution in [0.5, 0.6) is 0 Å². The highest BCUT2D eigenvalue weighted by Gasteiger charge is 2.16. The van der Waals surface area contributed by atoms with Gasteiger partial charge in [0, 0.05) is 11.4 Å². The van der Waals surface area contributed by atoms with Crippen molar-refractivity contribution >= 4 is 51.5 Å². The van der Waals surface area contributed by atoms with E-state index < -0.39 is 0 Å². The minimum Gasteiger partial charge on any atom is -0.412 e. The normalized spacial score (nSPS) is 12.4. The number of hydrogen-bond acceptors (Lipinski definition) is 9. The van der Waals surface area contributed by atoms with Crippen molar-refractivity contribution in [2.45, 2.75) is 38.5 Å². The number of fused-ring (bicyclic) bond motifs is 3. The van der Waals surface area contributed by atoms with Gasteiger partial charge >= 0.3 is 0 Å². The van der Waals surface area contributed by atoms with Gasteiger partial charge < -0.3 is 21.8 Å². The summed E-state index contributed by atoms with van der Waals surface area (Å²) in [5.41, 5.74) is 14.7. The highest BCUT2D eigenvalue weighted by atomic mass is 35.5. The highest BCUT2D eigenvalue weighted by molar-refractivity contribution is 6.30. The van der Waals surface area contributed by atoms with Gasteiger partial charge in [0.15, 0.2) is 5.65 Å². The maximum atomic E-state index is 8.83. The number of pyridine rings is 2. The molecule has 0 atom stereocenters. The molecule has 12 heteroatoms. The van der Waals surface area contributed by atoms with Gasteiger partial charge in [-0.2, -0.15) is 10.4 Å². The van der Waals surface area contributed by atoms with Gasteiger partial charge in [-0.25, -0.2) is 9.97 Å². The van der Waals surface area contributed by atoms with Crippen LogP contribution >= 0.6 is 11.6 Å². The molecule has 0 saturated carbocycles. The first-order chi connectivity index (χ1) is 20.1. The van der Waals surface area contributed by atoms with E-state index in [1.165, 1.54) is 41.5 Å². The predicted molar refractivity (Wildman–Crippen MR) is 168 cm³/mol. The number of anilines is 5. The molecule has 3 aromatic heterocycles. The molecule has 2 aliphatic carbocycles. The van der Waals surface area contributed by atoms with Crippen molar-refractivity contribution in [3.05, 3.63) is 93.6 Å². The number of rotatable bonds is 4. The lowest BCUT2D eigenvalue weighted by molar-refractivity contribution is 0.824. The van der Waals surface area contributed by atoms with E-state index in [2.05, 4.69) is 78.9 Å². The monoisotopic (exact) mass is 584 g/mol. The molecule has 0 unspecified atom stereocenters. The van der Waals surface area contributed by atoms with Crippen molar-refractivity contribution in [2.24, 2.45) is 11.7 Å². The van der Waals surface area contributed by atoms with E-state index in [4.69, 9.17) is 22.6 Å². The fraction of sp³-hybridized carbons (Fsp3) is 0.200. The minimum absolute atomic E-state index is 0. The third kappa shape index (κ3) is 6.43. The summed E-state index contributed by atoms with van der Waals surface area (Å²) in [7, 11) is 0. The van der Waals surface area contributed by atoms with E-state index in [9.17, 15) is 0 Å². The van der Waals surface area contributed by atoms with Crippen LogP contribution in [0.1, 0.15) is 40.7 Å². The molecule has 0 fully saturated rings. The zero-order chi connectivity index (χ0) is 28.8. The summed E-state index contributed by atoms with van der Waals surface area (Å²) >= 11 is 5.94. The molecule has 7 rings (SSSR count). The Hall–Kier alpha value is -4.73. The van der Waals surface area contributed by atoms with Crippen molar-refractivity contribution in [3.8, 4) is 6.07 Å². The number of aromatic amines is 1. The number of halogens is 1. The Balaban J connectivity index is 0.000000179. The topological polar surface area (TPSA) is 212 Å². The molecule has 42 heavy (non-hydrogen) atoms. The largest absolute Gasteiger partial charge is 0.412 e. The van der Waals surface area contributed by atoms with Gasteiger partial charge in [0.1, 0.15) is 28.7 Å². The lowest BCUT2D eigenvalue weighted by Gasteiger charge is -2.11. The molecular formula is C30H33ClN10O. The van der Waals surface area contributed by atoms with Crippen LogP contribution in [0.3, 0.4) is 0 Å². The summed E-state index contributed by atoms with van der Waals surface area (Å²) in [6.45, 7) is 0. The molecule has 0 saturated heterocycles. The predicted octanol–water partition coefficient (Wildman–Crippen LogP) is 4.61. The first-order valence-corrected chi connectivity index (χ1v) is 13.7. The molecule has 11 nitrogen and oxygen atoms in total. The lowest BCUT2D eigenvalue weighted by Crippen LogP contribution is -2.02. The number of hydrogen-bond donors (Lipinski definition) is 6.